The molecule has 0 fully saturated rings. The molecule has 0 atom stereocenters. The van der Waals surface area contributed by atoms with Crippen molar-refractivity contribution in [3.05, 3.63) is 81.3 Å². The van der Waals surface area contributed by atoms with Gasteiger partial charge in [0, 0.05) is 25.2 Å². The van der Waals surface area contributed by atoms with Crippen molar-refractivity contribution in [2.75, 3.05) is 18.0 Å². The second-order valence-corrected chi connectivity index (χ2v) is 10.2. The van der Waals surface area contributed by atoms with Gasteiger partial charge >= 0.3 is 0 Å². The highest BCUT2D eigenvalue weighted by Gasteiger charge is 2.39. The van der Waals surface area contributed by atoms with Gasteiger partial charge in [0.25, 0.3) is 5.70 Å². The molecule has 0 bridgehead atoms. The SMILES string of the molecule is [C-]#[N+]C(C#N)=C1C=C(C=Cc2cc3c4c(c2)C(C)(C)CCN4CCC3(C)C)OC(CC)=C1. The van der Waals surface area contributed by atoms with Crippen LogP contribution in [0.2, 0.25) is 0 Å². The van der Waals surface area contributed by atoms with Gasteiger partial charge in [-0.2, -0.15) is 0 Å². The molecular weight excluding hydrogens is 394 g/mol. The maximum absolute atomic E-state index is 9.28. The highest BCUT2D eigenvalue weighted by Crippen LogP contribution is 2.49. The average molecular weight is 426 g/mol. The highest BCUT2D eigenvalue weighted by atomic mass is 16.5. The number of hydrogen-bond donors (Lipinski definition) is 0. The summed E-state index contributed by atoms with van der Waals surface area (Å²) in [6.07, 6.45) is 10.6. The van der Waals surface area contributed by atoms with E-state index in [4.69, 9.17) is 11.3 Å². The number of rotatable bonds is 3. The van der Waals surface area contributed by atoms with Gasteiger partial charge in [-0.15, -0.1) is 0 Å². The zero-order chi connectivity index (χ0) is 23.1. The summed E-state index contributed by atoms with van der Waals surface area (Å²) in [6, 6.07) is 6.66. The van der Waals surface area contributed by atoms with E-state index in [1.807, 2.05) is 19.1 Å². The zero-order valence-corrected chi connectivity index (χ0v) is 19.7. The van der Waals surface area contributed by atoms with E-state index in [1.165, 1.54) is 16.8 Å². The first-order valence-corrected chi connectivity index (χ1v) is 11.4. The topological polar surface area (TPSA) is 40.6 Å². The monoisotopic (exact) mass is 425 g/mol. The van der Waals surface area contributed by atoms with Gasteiger partial charge in [0.15, 0.2) is 0 Å². The summed E-state index contributed by atoms with van der Waals surface area (Å²) < 4.78 is 5.99. The molecule has 0 N–H and O–H groups in total. The number of hydrogen-bond acceptors (Lipinski definition) is 3. The zero-order valence-electron chi connectivity index (χ0n) is 19.7. The molecule has 1 aromatic carbocycles. The van der Waals surface area contributed by atoms with Crippen molar-refractivity contribution in [1.82, 2.24) is 0 Å². The number of anilines is 1. The van der Waals surface area contributed by atoms with Gasteiger partial charge in [-0.1, -0.05) is 40.7 Å². The molecule has 32 heavy (non-hydrogen) atoms. The van der Waals surface area contributed by atoms with E-state index >= 15 is 0 Å². The second kappa shape index (κ2) is 8.03. The van der Waals surface area contributed by atoms with Gasteiger partial charge in [-0.05, 0) is 76.3 Å². The predicted molar refractivity (Wildman–Crippen MR) is 130 cm³/mol. The Kier molecular flexibility index (Phi) is 5.51. The van der Waals surface area contributed by atoms with Crippen LogP contribution in [0.1, 0.15) is 70.6 Å². The molecule has 4 nitrogen and oxygen atoms in total. The molecule has 0 aromatic heterocycles. The molecule has 3 aliphatic heterocycles. The Morgan fingerprint density at radius 3 is 2.28 bits per heavy atom. The molecule has 0 saturated heterocycles. The molecule has 0 amide bonds. The summed E-state index contributed by atoms with van der Waals surface area (Å²) in [6.45, 7) is 20.9. The van der Waals surface area contributed by atoms with Crippen molar-refractivity contribution in [1.29, 1.82) is 5.26 Å². The summed E-state index contributed by atoms with van der Waals surface area (Å²) in [5.41, 5.74) is 6.46. The standard InChI is InChI=1S/C28H31N3O/c1-7-21-16-20(25(18-29)30-6)17-22(32-21)9-8-19-14-23-26-24(15-19)28(4,5)11-13-31(26)12-10-27(23,2)3/h8-9,14-17H,7,10-13H2,1-5H3. The molecule has 1 aromatic rings. The van der Waals surface area contributed by atoms with E-state index in [2.05, 4.69) is 55.6 Å². The number of ether oxygens (including phenoxy) is 1. The Labute approximate surface area is 192 Å². The van der Waals surface area contributed by atoms with Crippen LogP contribution in [0.5, 0.6) is 0 Å². The summed E-state index contributed by atoms with van der Waals surface area (Å²) in [5.74, 6) is 1.42. The van der Waals surface area contributed by atoms with Gasteiger partial charge in [0.1, 0.15) is 11.5 Å². The van der Waals surface area contributed by atoms with E-state index in [1.54, 1.807) is 12.2 Å². The Morgan fingerprint density at radius 2 is 1.75 bits per heavy atom. The minimum atomic E-state index is 0.0898. The molecule has 0 saturated carbocycles. The lowest BCUT2D eigenvalue weighted by Crippen LogP contribution is -2.44. The van der Waals surface area contributed by atoms with Crippen LogP contribution in [0.15, 0.2) is 53.1 Å². The Hall–Kier alpha value is -3.24. The lowest BCUT2D eigenvalue weighted by Gasteiger charge is -2.48. The van der Waals surface area contributed by atoms with Crippen molar-refractivity contribution < 1.29 is 4.74 Å². The minimum absolute atomic E-state index is 0.0898. The fourth-order valence-corrected chi connectivity index (χ4v) is 4.86. The molecule has 0 radical (unpaired) electrons. The summed E-state index contributed by atoms with van der Waals surface area (Å²) in [5, 5.41) is 9.28. The number of allylic oxidation sites excluding steroid dienone is 6. The van der Waals surface area contributed by atoms with Crippen LogP contribution in [-0.2, 0) is 15.6 Å². The van der Waals surface area contributed by atoms with E-state index in [-0.39, 0.29) is 16.5 Å². The van der Waals surface area contributed by atoms with Crippen LogP contribution < -0.4 is 4.90 Å². The molecule has 0 unspecified atom stereocenters. The molecule has 0 aliphatic carbocycles. The highest BCUT2D eigenvalue weighted by molar-refractivity contribution is 5.72. The smallest absolute Gasteiger partial charge is 0.269 e. The predicted octanol–water partition coefficient (Wildman–Crippen LogP) is 6.77. The molecule has 4 heteroatoms. The first-order chi connectivity index (χ1) is 15.2. The Bertz CT molecular complexity index is 1110. The molecule has 3 heterocycles. The molecular formula is C28H31N3O. The summed E-state index contributed by atoms with van der Waals surface area (Å²) in [7, 11) is 0. The Balaban J connectivity index is 1.77. The lowest BCUT2D eigenvalue weighted by atomic mass is 9.69. The lowest BCUT2D eigenvalue weighted by molar-refractivity contribution is 0.304. The van der Waals surface area contributed by atoms with Crippen molar-refractivity contribution in [3.63, 3.8) is 0 Å². The number of benzene rings is 1. The van der Waals surface area contributed by atoms with Crippen LogP contribution in [0.3, 0.4) is 0 Å². The van der Waals surface area contributed by atoms with E-state index in [9.17, 15) is 5.26 Å². The quantitative estimate of drug-likeness (QED) is 0.396. The van der Waals surface area contributed by atoms with Crippen LogP contribution in [-0.4, -0.2) is 13.1 Å². The average Bonchev–Trinajstić information content (AvgIpc) is 2.77. The number of nitrogens with zero attached hydrogens (tertiary/aromatic N) is 3. The van der Waals surface area contributed by atoms with E-state index in [0.29, 0.717) is 17.8 Å². The fourth-order valence-electron chi connectivity index (χ4n) is 4.86. The third-order valence-corrected chi connectivity index (χ3v) is 7.06. The summed E-state index contributed by atoms with van der Waals surface area (Å²) >= 11 is 0. The normalized spacial score (nSPS) is 22.2. The number of nitriles is 1. The fraction of sp³-hybridized carbons (Fsp3) is 0.429. The van der Waals surface area contributed by atoms with Crippen molar-refractivity contribution in [2.45, 2.75) is 64.7 Å². The third kappa shape index (κ3) is 3.87. The van der Waals surface area contributed by atoms with Crippen LogP contribution in [0.25, 0.3) is 10.9 Å². The second-order valence-electron chi connectivity index (χ2n) is 10.2. The van der Waals surface area contributed by atoms with Crippen LogP contribution in [0.4, 0.5) is 5.69 Å². The van der Waals surface area contributed by atoms with Crippen molar-refractivity contribution in [2.24, 2.45) is 0 Å². The minimum Gasteiger partial charge on any atom is -0.462 e. The largest absolute Gasteiger partial charge is 0.462 e. The van der Waals surface area contributed by atoms with Gasteiger partial charge in [-0.3, -0.25) is 0 Å². The molecule has 164 valence electrons. The van der Waals surface area contributed by atoms with Crippen molar-refractivity contribution in [3.8, 4) is 6.07 Å². The Morgan fingerprint density at radius 1 is 1.12 bits per heavy atom. The van der Waals surface area contributed by atoms with Gasteiger partial charge in [-0.25, -0.2) is 10.1 Å². The van der Waals surface area contributed by atoms with Gasteiger partial charge in [0.05, 0.1) is 12.6 Å². The van der Waals surface area contributed by atoms with Crippen LogP contribution >= 0.6 is 0 Å². The van der Waals surface area contributed by atoms with E-state index < -0.39 is 0 Å². The first kappa shape index (κ1) is 22.0. The van der Waals surface area contributed by atoms with Gasteiger partial charge < -0.3 is 9.64 Å². The molecule has 0 spiro atoms. The van der Waals surface area contributed by atoms with Crippen molar-refractivity contribution >= 4 is 11.8 Å². The summed E-state index contributed by atoms with van der Waals surface area (Å²) in [4.78, 5) is 5.94. The molecule has 4 rings (SSSR count). The molecule has 3 aliphatic rings. The van der Waals surface area contributed by atoms with Gasteiger partial charge in [0.2, 0.25) is 0 Å². The maximum atomic E-state index is 9.28. The first-order valence-electron chi connectivity index (χ1n) is 11.4. The van der Waals surface area contributed by atoms with E-state index in [0.717, 1.165) is 37.3 Å². The third-order valence-electron chi connectivity index (χ3n) is 7.06. The maximum Gasteiger partial charge on any atom is 0.269 e. The van der Waals surface area contributed by atoms with Crippen LogP contribution in [0, 0.1) is 17.9 Å².